The third-order valence-electron chi connectivity index (χ3n) is 3.38. The lowest BCUT2D eigenvalue weighted by atomic mass is 9.97. The van der Waals surface area contributed by atoms with Crippen molar-refractivity contribution in [2.45, 2.75) is 26.2 Å². The van der Waals surface area contributed by atoms with Crippen LogP contribution in [0.1, 0.15) is 26.2 Å². The summed E-state index contributed by atoms with van der Waals surface area (Å²) in [4.78, 5) is 0. The monoisotopic (exact) mass is 283 g/mol. The van der Waals surface area contributed by atoms with Gasteiger partial charge < -0.3 is 5.11 Å². The molecule has 3 atom stereocenters. The summed E-state index contributed by atoms with van der Waals surface area (Å²) in [7, 11) is -3.23. The predicted octanol–water partition coefficient (Wildman–Crippen LogP) is 1.19. The first-order valence-electron chi connectivity index (χ1n) is 6.12. The molecule has 1 aliphatic carbocycles. The number of nitrogens with one attached hydrogen (secondary N) is 1. The fraction of sp³-hybridized carbons (Fsp3) is 1.00. The van der Waals surface area contributed by atoms with Gasteiger partial charge in [-0.25, -0.2) is 13.1 Å². The lowest BCUT2D eigenvalue weighted by molar-refractivity contribution is 0.195. The van der Waals surface area contributed by atoms with Crippen molar-refractivity contribution in [3.8, 4) is 0 Å². The molecule has 1 saturated carbocycles. The van der Waals surface area contributed by atoms with E-state index >= 15 is 0 Å². The quantitative estimate of drug-likeness (QED) is 0.690. The second kappa shape index (κ2) is 6.92. The van der Waals surface area contributed by atoms with Crippen LogP contribution in [0.25, 0.3) is 0 Å². The number of hydrogen-bond acceptors (Lipinski definition) is 3. The molecule has 0 bridgehead atoms. The summed E-state index contributed by atoms with van der Waals surface area (Å²) < 4.78 is 26.1. The predicted molar refractivity (Wildman–Crippen MR) is 69.6 cm³/mol. The van der Waals surface area contributed by atoms with E-state index in [-0.39, 0.29) is 30.1 Å². The minimum Gasteiger partial charge on any atom is -0.396 e. The first kappa shape index (κ1) is 15.2. The molecule has 1 fully saturated rings. The highest BCUT2D eigenvalue weighted by Crippen LogP contribution is 2.30. The summed E-state index contributed by atoms with van der Waals surface area (Å²) in [5.41, 5.74) is 0. The standard InChI is InChI=1S/C11H22ClNO3S/c1-9(5-12)8-17(15,16)13-6-10-3-2-4-11(10)7-14/h9-11,13-14H,2-8H2,1H3. The van der Waals surface area contributed by atoms with Gasteiger partial charge in [0, 0.05) is 19.0 Å². The van der Waals surface area contributed by atoms with E-state index in [9.17, 15) is 8.42 Å². The lowest BCUT2D eigenvalue weighted by Gasteiger charge is -2.18. The van der Waals surface area contributed by atoms with Crippen LogP contribution in [0.3, 0.4) is 0 Å². The molecule has 0 saturated heterocycles. The molecule has 0 amide bonds. The van der Waals surface area contributed by atoms with Gasteiger partial charge in [0.15, 0.2) is 0 Å². The SMILES string of the molecule is CC(CCl)CS(=O)(=O)NCC1CCCC1CO. The van der Waals surface area contributed by atoms with E-state index in [1.807, 2.05) is 6.92 Å². The smallest absolute Gasteiger partial charge is 0.211 e. The van der Waals surface area contributed by atoms with Gasteiger partial charge >= 0.3 is 0 Å². The maximum Gasteiger partial charge on any atom is 0.211 e. The Morgan fingerprint density at radius 1 is 1.41 bits per heavy atom. The van der Waals surface area contributed by atoms with Crippen LogP contribution in [0, 0.1) is 17.8 Å². The fourth-order valence-electron chi connectivity index (χ4n) is 2.33. The van der Waals surface area contributed by atoms with E-state index in [1.54, 1.807) is 0 Å². The van der Waals surface area contributed by atoms with Crippen LogP contribution in [-0.2, 0) is 10.0 Å². The summed E-state index contributed by atoms with van der Waals surface area (Å²) in [6.45, 7) is 2.42. The van der Waals surface area contributed by atoms with Crippen LogP contribution in [0.5, 0.6) is 0 Å². The Morgan fingerprint density at radius 2 is 2.06 bits per heavy atom. The number of halogens is 1. The zero-order chi connectivity index (χ0) is 12.9. The molecule has 2 N–H and O–H groups in total. The first-order chi connectivity index (χ1) is 7.98. The molecule has 0 aliphatic heterocycles. The molecule has 1 rings (SSSR count). The molecule has 0 heterocycles. The minimum atomic E-state index is -3.23. The topological polar surface area (TPSA) is 66.4 Å². The maximum atomic E-state index is 11.7. The summed E-state index contributed by atoms with van der Waals surface area (Å²) in [5.74, 6) is 0.923. The van der Waals surface area contributed by atoms with Crippen molar-refractivity contribution in [3.05, 3.63) is 0 Å². The second-order valence-corrected chi connectivity index (χ2v) is 7.18. The Bertz CT molecular complexity index is 321. The number of hydrogen-bond donors (Lipinski definition) is 2. The van der Waals surface area contributed by atoms with Gasteiger partial charge in [0.25, 0.3) is 0 Å². The highest BCUT2D eigenvalue weighted by atomic mass is 35.5. The van der Waals surface area contributed by atoms with Gasteiger partial charge in [-0.15, -0.1) is 11.6 Å². The maximum absolute atomic E-state index is 11.7. The van der Waals surface area contributed by atoms with Gasteiger partial charge in [-0.3, -0.25) is 0 Å². The van der Waals surface area contributed by atoms with Crippen molar-refractivity contribution in [1.29, 1.82) is 0 Å². The van der Waals surface area contributed by atoms with Crippen LogP contribution in [0.2, 0.25) is 0 Å². The minimum absolute atomic E-state index is 0.0358. The van der Waals surface area contributed by atoms with Gasteiger partial charge in [0.1, 0.15) is 0 Å². The van der Waals surface area contributed by atoms with Crippen molar-refractivity contribution in [2.24, 2.45) is 17.8 Å². The van der Waals surface area contributed by atoms with E-state index in [0.717, 1.165) is 19.3 Å². The third kappa shape index (κ3) is 5.12. The summed E-state index contributed by atoms with van der Waals surface area (Å²) in [5, 5.41) is 9.15. The van der Waals surface area contributed by atoms with Crippen LogP contribution < -0.4 is 4.72 Å². The largest absolute Gasteiger partial charge is 0.396 e. The average molecular weight is 284 g/mol. The zero-order valence-electron chi connectivity index (χ0n) is 10.2. The van der Waals surface area contributed by atoms with E-state index in [0.29, 0.717) is 12.4 Å². The molecule has 6 heteroatoms. The molecule has 0 aromatic heterocycles. The van der Waals surface area contributed by atoms with Crippen molar-refractivity contribution >= 4 is 21.6 Å². The van der Waals surface area contributed by atoms with Crippen molar-refractivity contribution in [2.75, 3.05) is 24.8 Å². The van der Waals surface area contributed by atoms with Gasteiger partial charge in [-0.2, -0.15) is 0 Å². The second-order valence-electron chi connectivity index (χ2n) is 5.02. The molecule has 1 aliphatic rings. The molecular formula is C11H22ClNO3S. The Balaban J connectivity index is 2.39. The third-order valence-corrected chi connectivity index (χ3v) is 5.52. The van der Waals surface area contributed by atoms with E-state index in [1.165, 1.54) is 0 Å². The molecule has 17 heavy (non-hydrogen) atoms. The van der Waals surface area contributed by atoms with E-state index in [4.69, 9.17) is 16.7 Å². The molecule has 0 spiro atoms. The van der Waals surface area contributed by atoms with Gasteiger partial charge in [-0.1, -0.05) is 13.3 Å². The fourth-order valence-corrected chi connectivity index (χ4v) is 4.03. The van der Waals surface area contributed by atoms with Crippen molar-refractivity contribution in [1.82, 2.24) is 4.72 Å². The van der Waals surface area contributed by atoms with E-state index in [2.05, 4.69) is 4.72 Å². The molecule has 4 nitrogen and oxygen atoms in total. The van der Waals surface area contributed by atoms with E-state index < -0.39 is 10.0 Å². The molecule has 0 aromatic carbocycles. The van der Waals surface area contributed by atoms with Gasteiger partial charge in [0.2, 0.25) is 10.0 Å². The van der Waals surface area contributed by atoms with Crippen LogP contribution in [0.15, 0.2) is 0 Å². The summed E-state index contributed by atoms with van der Waals surface area (Å²) >= 11 is 5.61. The molecule has 102 valence electrons. The molecule has 0 aromatic rings. The molecule has 3 unspecified atom stereocenters. The Hall–Kier alpha value is 0.160. The Morgan fingerprint density at radius 3 is 2.65 bits per heavy atom. The highest BCUT2D eigenvalue weighted by molar-refractivity contribution is 7.89. The van der Waals surface area contributed by atoms with Crippen LogP contribution in [0.4, 0.5) is 0 Å². The van der Waals surface area contributed by atoms with Crippen LogP contribution in [-0.4, -0.2) is 38.3 Å². The van der Waals surface area contributed by atoms with Gasteiger partial charge in [-0.05, 0) is 30.6 Å². The highest BCUT2D eigenvalue weighted by Gasteiger charge is 2.27. The number of alkyl halides is 1. The number of rotatable bonds is 7. The summed E-state index contributed by atoms with van der Waals surface area (Å²) in [6.07, 6.45) is 3.08. The van der Waals surface area contributed by atoms with Crippen molar-refractivity contribution < 1.29 is 13.5 Å². The Kier molecular flexibility index (Phi) is 6.20. The van der Waals surface area contributed by atoms with Crippen molar-refractivity contribution in [3.63, 3.8) is 0 Å². The zero-order valence-corrected chi connectivity index (χ0v) is 11.8. The molecule has 0 radical (unpaired) electrons. The number of aliphatic hydroxyl groups is 1. The average Bonchev–Trinajstić information content (AvgIpc) is 2.73. The molecular weight excluding hydrogens is 262 g/mol. The van der Waals surface area contributed by atoms with Crippen LogP contribution >= 0.6 is 11.6 Å². The summed E-state index contributed by atoms with van der Waals surface area (Å²) in [6, 6.07) is 0. The first-order valence-corrected chi connectivity index (χ1v) is 8.31. The number of aliphatic hydroxyl groups excluding tert-OH is 1. The lowest BCUT2D eigenvalue weighted by Crippen LogP contribution is -2.35. The normalized spacial score (nSPS) is 27.2. The van der Waals surface area contributed by atoms with Gasteiger partial charge in [0.05, 0.1) is 5.75 Å². The number of sulfonamides is 1. The Labute approximate surface area is 109 Å².